The zero-order chi connectivity index (χ0) is 19.6. The minimum absolute atomic E-state index is 0.460. The fourth-order valence-corrected chi connectivity index (χ4v) is 3.49. The number of hydrogen-bond donors (Lipinski definition) is 1. The Morgan fingerprint density at radius 1 is 0.966 bits per heavy atom. The van der Waals surface area contributed by atoms with Gasteiger partial charge in [-0.15, -0.1) is 0 Å². The van der Waals surface area contributed by atoms with Gasteiger partial charge < -0.3 is 10.5 Å². The zero-order valence-electron chi connectivity index (χ0n) is 15.9. The minimum atomic E-state index is 0.460. The number of ether oxygens (including phenoxy) is 1. The van der Waals surface area contributed by atoms with Gasteiger partial charge in [0, 0.05) is 23.9 Å². The number of nitrogens with zero attached hydrogens (tertiary/aromatic N) is 3. The molecule has 2 heterocycles. The van der Waals surface area contributed by atoms with E-state index in [1.807, 2.05) is 65.2 Å². The average molecular weight is 380 g/mol. The summed E-state index contributed by atoms with van der Waals surface area (Å²) in [7, 11) is 0. The fourth-order valence-electron chi connectivity index (χ4n) is 3.49. The highest BCUT2D eigenvalue weighted by Gasteiger charge is 2.25. The number of para-hydroxylation sites is 1. The van der Waals surface area contributed by atoms with E-state index in [2.05, 4.69) is 16.8 Å². The average Bonchev–Trinajstić information content (AvgIpc) is 3.07. The van der Waals surface area contributed by atoms with E-state index in [0.717, 1.165) is 41.2 Å². The molecule has 5 nitrogen and oxygen atoms in total. The molecule has 0 aliphatic heterocycles. The molecule has 1 fully saturated rings. The third-order valence-corrected chi connectivity index (χ3v) is 5.24. The van der Waals surface area contributed by atoms with Gasteiger partial charge in [-0.3, -0.25) is 4.40 Å². The van der Waals surface area contributed by atoms with Crippen molar-refractivity contribution in [3.63, 3.8) is 0 Å². The molecule has 2 N–H and O–H groups in total. The van der Waals surface area contributed by atoms with Crippen molar-refractivity contribution >= 4 is 11.3 Å². The summed E-state index contributed by atoms with van der Waals surface area (Å²) in [6.45, 7) is 0. The lowest BCUT2D eigenvalue weighted by Gasteiger charge is -2.23. The molecule has 5 heteroatoms. The van der Waals surface area contributed by atoms with E-state index in [1.54, 1.807) is 6.20 Å². The van der Waals surface area contributed by atoms with Gasteiger partial charge in [0.25, 0.3) is 0 Å². The maximum atomic E-state index is 6.14. The van der Waals surface area contributed by atoms with Crippen molar-refractivity contribution in [3.05, 3.63) is 84.1 Å². The Morgan fingerprint density at radius 2 is 1.72 bits per heavy atom. The van der Waals surface area contributed by atoms with Gasteiger partial charge in [-0.05, 0) is 55.2 Å². The second kappa shape index (κ2) is 7.33. The van der Waals surface area contributed by atoms with Crippen molar-refractivity contribution in [2.75, 3.05) is 5.73 Å². The molecule has 5 rings (SSSR count). The van der Waals surface area contributed by atoms with Crippen LogP contribution in [0.3, 0.4) is 0 Å². The number of hydrogen-bond acceptors (Lipinski definition) is 4. The van der Waals surface area contributed by atoms with Gasteiger partial charge in [-0.2, -0.15) is 0 Å². The van der Waals surface area contributed by atoms with Crippen LogP contribution in [0.15, 0.2) is 67.0 Å². The van der Waals surface area contributed by atoms with E-state index >= 15 is 0 Å². The normalized spacial score (nSPS) is 13.5. The second-order valence-corrected chi connectivity index (χ2v) is 7.17. The summed E-state index contributed by atoms with van der Waals surface area (Å²) in [5, 5.41) is 0. The highest BCUT2D eigenvalue weighted by atomic mass is 16.5. The number of nitrogens with two attached hydrogens (primary N) is 1. The largest absolute Gasteiger partial charge is 0.457 e. The molecular weight excluding hydrogens is 360 g/mol. The summed E-state index contributed by atoms with van der Waals surface area (Å²) < 4.78 is 7.88. The third kappa shape index (κ3) is 3.41. The Hall–Kier alpha value is -3.78. The Bertz CT molecular complexity index is 1210. The van der Waals surface area contributed by atoms with Crippen molar-refractivity contribution in [2.24, 2.45) is 0 Å². The van der Waals surface area contributed by atoms with Gasteiger partial charge in [0.2, 0.25) is 0 Å². The first-order chi connectivity index (χ1) is 14.3. The molecule has 142 valence electrons. The van der Waals surface area contributed by atoms with Crippen LogP contribution in [-0.2, 0) is 0 Å². The molecule has 0 bridgehead atoms. The van der Waals surface area contributed by atoms with Gasteiger partial charge in [-0.1, -0.05) is 30.5 Å². The molecule has 2 aromatic heterocycles. The Balaban J connectivity index is 1.43. The first-order valence-electron chi connectivity index (χ1n) is 9.75. The molecule has 4 aromatic rings. The molecule has 0 atom stereocenters. The van der Waals surface area contributed by atoms with Gasteiger partial charge in [0.1, 0.15) is 28.5 Å². The van der Waals surface area contributed by atoms with E-state index in [4.69, 9.17) is 15.5 Å². The monoisotopic (exact) mass is 380 g/mol. The summed E-state index contributed by atoms with van der Waals surface area (Å²) in [4.78, 5) is 9.03. The molecule has 29 heavy (non-hydrogen) atoms. The number of imidazole rings is 1. The molecule has 0 spiro atoms. The van der Waals surface area contributed by atoms with E-state index in [9.17, 15) is 0 Å². The fraction of sp³-hybridized carbons (Fsp3) is 0.167. The number of aromatic nitrogens is 3. The summed E-state index contributed by atoms with van der Waals surface area (Å²) in [5.41, 5.74) is 8.50. The van der Waals surface area contributed by atoms with Crippen molar-refractivity contribution in [1.29, 1.82) is 0 Å². The topological polar surface area (TPSA) is 65.4 Å². The first kappa shape index (κ1) is 17.3. The van der Waals surface area contributed by atoms with Crippen molar-refractivity contribution < 1.29 is 4.74 Å². The molecule has 1 saturated carbocycles. The Labute approximate surface area is 169 Å². The van der Waals surface area contributed by atoms with E-state index in [0.29, 0.717) is 17.4 Å². The smallest absolute Gasteiger partial charge is 0.150 e. The van der Waals surface area contributed by atoms with Crippen LogP contribution in [0.5, 0.6) is 11.5 Å². The highest BCUT2D eigenvalue weighted by molar-refractivity contribution is 5.73. The zero-order valence-corrected chi connectivity index (χ0v) is 15.9. The van der Waals surface area contributed by atoms with E-state index in [1.165, 1.54) is 6.42 Å². The number of rotatable bonds is 3. The van der Waals surface area contributed by atoms with Gasteiger partial charge in [0.15, 0.2) is 5.82 Å². The maximum absolute atomic E-state index is 6.14. The minimum Gasteiger partial charge on any atom is -0.457 e. The molecule has 0 radical (unpaired) electrons. The summed E-state index contributed by atoms with van der Waals surface area (Å²) in [6.07, 6.45) is 7.22. The van der Waals surface area contributed by atoms with Crippen LogP contribution in [-0.4, -0.2) is 14.4 Å². The number of nitrogen functional groups attached to an aromatic ring is 1. The molecular formula is C24H20N4O. The van der Waals surface area contributed by atoms with E-state index in [-0.39, 0.29) is 0 Å². The standard InChI is InChI=1S/C24H20N4O/c25-23-22-21(27-24(18-5-4-6-18)28(22)16-15-26-23)14-11-17-9-12-20(13-10-17)29-19-7-2-1-3-8-19/h1-3,7-10,12-13,15-16,18H,4-6H2,(H2,25,26). The lowest BCUT2D eigenvalue weighted by atomic mass is 9.85. The van der Waals surface area contributed by atoms with Crippen molar-refractivity contribution in [2.45, 2.75) is 25.2 Å². The van der Waals surface area contributed by atoms with Crippen LogP contribution in [0.25, 0.3) is 5.52 Å². The third-order valence-electron chi connectivity index (χ3n) is 5.24. The van der Waals surface area contributed by atoms with Crippen LogP contribution in [0, 0.1) is 11.8 Å². The molecule has 1 aliphatic carbocycles. The maximum Gasteiger partial charge on any atom is 0.150 e. The predicted molar refractivity (Wildman–Crippen MR) is 113 cm³/mol. The summed E-state index contributed by atoms with van der Waals surface area (Å²) in [5.74, 6) is 9.95. The SMILES string of the molecule is Nc1nccn2c(C3CCC3)nc(C#Cc3ccc(Oc4ccccc4)cc3)c12. The Kier molecular flexibility index (Phi) is 4.38. The molecule has 0 saturated heterocycles. The number of benzene rings is 2. The van der Waals surface area contributed by atoms with Crippen LogP contribution >= 0.6 is 0 Å². The van der Waals surface area contributed by atoms with Crippen LogP contribution in [0.4, 0.5) is 5.82 Å². The molecule has 1 aliphatic rings. The number of fused-ring (bicyclic) bond motifs is 1. The number of anilines is 1. The molecule has 0 unspecified atom stereocenters. The predicted octanol–water partition coefficient (Wildman–Crippen LogP) is 4.77. The molecule has 2 aromatic carbocycles. The van der Waals surface area contributed by atoms with E-state index < -0.39 is 0 Å². The highest BCUT2D eigenvalue weighted by Crippen LogP contribution is 2.36. The van der Waals surface area contributed by atoms with Gasteiger partial charge in [0.05, 0.1) is 0 Å². The Morgan fingerprint density at radius 3 is 2.45 bits per heavy atom. The summed E-state index contributed by atoms with van der Waals surface area (Å²) >= 11 is 0. The molecule has 0 amide bonds. The van der Waals surface area contributed by atoms with Gasteiger partial charge in [-0.25, -0.2) is 9.97 Å². The summed E-state index contributed by atoms with van der Waals surface area (Å²) in [6, 6.07) is 17.4. The van der Waals surface area contributed by atoms with Crippen LogP contribution in [0.2, 0.25) is 0 Å². The second-order valence-electron chi connectivity index (χ2n) is 7.17. The lowest BCUT2D eigenvalue weighted by molar-refractivity contribution is 0.400. The van der Waals surface area contributed by atoms with Gasteiger partial charge >= 0.3 is 0 Å². The quantitative estimate of drug-likeness (QED) is 0.520. The van der Waals surface area contributed by atoms with Crippen LogP contribution < -0.4 is 10.5 Å². The first-order valence-corrected chi connectivity index (χ1v) is 9.75. The van der Waals surface area contributed by atoms with Crippen molar-refractivity contribution in [3.8, 4) is 23.3 Å². The van der Waals surface area contributed by atoms with Crippen molar-refractivity contribution in [1.82, 2.24) is 14.4 Å². The lowest BCUT2D eigenvalue weighted by Crippen LogP contribution is -2.12. The van der Waals surface area contributed by atoms with Crippen LogP contribution in [0.1, 0.15) is 42.3 Å².